The van der Waals surface area contributed by atoms with Crippen molar-refractivity contribution in [3.63, 3.8) is 0 Å². The molecule has 1 heterocycles. The van der Waals surface area contributed by atoms with Crippen LogP contribution in [0.3, 0.4) is 0 Å². The number of rotatable bonds is 5. The van der Waals surface area contributed by atoms with Crippen molar-refractivity contribution in [3.8, 4) is 5.75 Å². The van der Waals surface area contributed by atoms with E-state index in [0.29, 0.717) is 19.5 Å². The van der Waals surface area contributed by atoms with Crippen LogP contribution in [0.1, 0.15) is 25.3 Å². The Hall–Kier alpha value is -2.08. The van der Waals surface area contributed by atoms with Crippen LogP contribution >= 0.6 is 0 Å². The van der Waals surface area contributed by atoms with Gasteiger partial charge in [-0.3, -0.25) is 9.59 Å². The van der Waals surface area contributed by atoms with Crippen LogP contribution < -0.4 is 5.32 Å². The molecule has 0 bridgehead atoms. The maximum Gasteiger partial charge on any atom is 0.245 e. The molecule has 2 amide bonds. The zero-order valence-electron chi connectivity index (χ0n) is 13.6. The van der Waals surface area contributed by atoms with Gasteiger partial charge in [0.15, 0.2) is 0 Å². The molecule has 1 aliphatic rings. The third-order valence-corrected chi connectivity index (χ3v) is 4.07. The van der Waals surface area contributed by atoms with Crippen molar-refractivity contribution >= 4 is 11.8 Å². The van der Waals surface area contributed by atoms with E-state index in [1.165, 1.54) is 6.92 Å². The number of hydrogen-bond acceptors (Lipinski definition) is 4. The van der Waals surface area contributed by atoms with Gasteiger partial charge in [0, 0.05) is 33.5 Å². The zero-order chi connectivity index (χ0) is 16.8. The predicted molar refractivity (Wildman–Crippen MR) is 86.0 cm³/mol. The van der Waals surface area contributed by atoms with Gasteiger partial charge in [-0.25, -0.2) is 0 Å². The quantitative estimate of drug-likeness (QED) is 0.851. The highest BCUT2D eigenvalue weighted by molar-refractivity contribution is 5.87. The molecule has 1 aromatic carbocycles. The Labute approximate surface area is 136 Å². The highest BCUT2D eigenvalue weighted by Gasteiger charge is 2.29. The van der Waals surface area contributed by atoms with Gasteiger partial charge < -0.3 is 20.1 Å². The highest BCUT2D eigenvalue weighted by atomic mass is 16.5. The van der Waals surface area contributed by atoms with E-state index in [1.54, 1.807) is 36.3 Å². The number of phenolic OH excluding ortho intramolecular Hbond substituents is 1. The third kappa shape index (κ3) is 4.96. The average Bonchev–Trinajstić information content (AvgIpc) is 2.55. The summed E-state index contributed by atoms with van der Waals surface area (Å²) in [6.07, 6.45) is 2.30. The van der Waals surface area contributed by atoms with Gasteiger partial charge in [-0.15, -0.1) is 0 Å². The molecule has 0 spiro atoms. The van der Waals surface area contributed by atoms with Gasteiger partial charge in [0.2, 0.25) is 11.8 Å². The van der Waals surface area contributed by atoms with Crippen LogP contribution in [0, 0.1) is 0 Å². The van der Waals surface area contributed by atoms with E-state index in [2.05, 4.69) is 5.32 Å². The Morgan fingerprint density at radius 2 is 2.09 bits per heavy atom. The number of ether oxygens (including phenoxy) is 1. The van der Waals surface area contributed by atoms with E-state index in [4.69, 9.17) is 4.74 Å². The Bertz CT molecular complexity index is 544. The lowest BCUT2D eigenvalue weighted by Gasteiger charge is -2.34. The lowest BCUT2D eigenvalue weighted by molar-refractivity contribution is -0.139. The summed E-state index contributed by atoms with van der Waals surface area (Å²) in [7, 11) is 1.65. The molecule has 0 saturated carbocycles. The Morgan fingerprint density at radius 3 is 2.70 bits per heavy atom. The van der Waals surface area contributed by atoms with Crippen molar-refractivity contribution in [2.75, 3.05) is 20.2 Å². The maximum atomic E-state index is 12.8. The first kappa shape index (κ1) is 17.3. The second-order valence-electron chi connectivity index (χ2n) is 5.91. The summed E-state index contributed by atoms with van der Waals surface area (Å²) >= 11 is 0. The molecule has 0 radical (unpaired) electrons. The number of nitrogens with one attached hydrogen (secondary N) is 1. The van der Waals surface area contributed by atoms with E-state index in [1.807, 2.05) is 0 Å². The van der Waals surface area contributed by atoms with E-state index < -0.39 is 6.04 Å². The monoisotopic (exact) mass is 320 g/mol. The third-order valence-electron chi connectivity index (χ3n) is 4.07. The maximum absolute atomic E-state index is 12.8. The molecule has 2 rings (SSSR count). The summed E-state index contributed by atoms with van der Waals surface area (Å²) in [5.74, 6) is -0.146. The van der Waals surface area contributed by atoms with E-state index in [9.17, 15) is 14.7 Å². The Morgan fingerprint density at radius 1 is 1.39 bits per heavy atom. The van der Waals surface area contributed by atoms with Gasteiger partial charge in [-0.05, 0) is 30.5 Å². The van der Waals surface area contributed by atoms with Gasteiger partial charge in [0.05, 0.1) is 6.10 Å². The second-order valence-corrected chi connectivity index (χ2v) is 5.91. The first-order valence-electron chi connectivity index (χ1n) is 7.86. The summed E-state index contributed by atoms with van der Waals surface area (Å²) in [5.41, 5.74) is 0.884. The van der Waals surface area contributed by atoms with Crippen molar-refractivity contribution in [3.05, 3.63) is 29.8 Å². The van der Waals surface area contributed by atoms with Crippen molar-refractivity contribution in [2.45, 2.75) is 38.3 Å². The number of amides is 2. The number of likely N-dealkylation sites (tertiary alicyclic amines) is 1. The topological polar surface area (TPSA) is 78.9 Å². The van der Waals surface area contributed by atoms with Gasteiger partial charge >= 0.3 is 0 Å². The van der Waals surface area contributed by atoms with E-state index >= 15 is 0 Å². The molecule has 6 nitrogen and oxygen atoms in total. The van der Waals surface area contributed by atoms with E-state index in [-0.39, 0.29) is 23.7 Å². The van der Waals surface area contributed by atoms with Crippen molar-refractivity contribution in [1.29, 1.82) is 0 Å². The smallest absolute Gasteiger partial charge is 0.245 e. The van der Waals surface area contributed by atoms with Gasteiger partial charge in [-0.2, -0.15) is 0 Å². The highest BCUT2D eigenvalue weighted by Crippen LogP contribution is 2.16. The minimum atomic E-state index is -0.604. The number of carbonyl (C=O) groups excluding carboxylic acids is 2. The normalized spacial score (nSPS) is 19.2. The minimum absolute atomic E-state index is 0.0550. The van der Waals surface area contributed by atoms with Crippen LogP contribution in [0.5, 0.6) is 5.75 Å². The lowest BCUT2D eigenvalue weighted by Crippen LogP contribution is -2.53. The molecule has 0 aromatic heterocycles. The van der Waals surface area contributed by atoms with Gasteiger partial charge in [0.1, 0.15) is 11.8 Å². The van der Waals surface area contributed by atoms with Crippen molar-refractivity contribution in [1.82, 2.24) is 10.2 Å². The molecule has 2 N–H and O–H groups in total. The molecule has 23 heavy (non-hydrogen) atoms. The zero-order valence-corrected chi connectivity index (χ0v) is 13.6. The summed E-state index contributed by atoms with van der Waals surface area (Å²) in [6, 6.07) is 6.06. The van der Waals surface area contributed by atoms with Crippen LogP contribution in [0.25, 0.3) is 0 Å². The largest absolute Gasteiger partial charge is 0.508 e. The summed E-state index contributed by atoms with van der Waals surface area (Å²) in [6.45, 7) is 2.65. The predicted octanol–water partition coefficient (Wildman–Crippen LogP) is 1.08. The summed E-state index contributed by atoms with van der Waals surface area (Å²) in [4.78, 5) is 26.0. The van der Waals surface area contributed by atoms with E-state index in [0.717, 1.165) is 18.4 Å². The number of carbonyl (C=O) groups is 2. The molecule has 1 fully saturated rings. The number of benzene rings is 1. The Balaban J connectivity index is 2.08. The van der Waals surface area contributed by atoms with Gasteiger partial charge in [0.25, 0.3) is 0 Å². The molecular formula is C17H24N2O4. The fourth-order valence-electron chi connectivity index (χ4n) is 2.86. The molecule has 1 saturated heterocycles. The van der Waals surface area contributed by atoms with Gasteiger partial charge in [-0.1, -0.05) is 12.1 Å². The van der Waals surface area contributed by atoms with Crippen molar-refractivity contribution < 1.29 is 19.4 Å². The molecular weight excluding hydrogens is 296 g/mol. The number of aromatic hydroxyl groups is 1. The van der Waals surface area contributed by atoms with Crippen LogP contribution in [0.15, 0.2) is 24.3 Å². The second kappa shape index (κ2) is 7.97. The number of methoxy groups -OCH3 is 1. The minimum Gasteiger partial charge on any atom is -0.508 e. The molecule has 126 valence electrons. The Kier molecular flexibility index (Phi) is 5.98. The van der Waals surface area contributed by atoms with Crippen LogP contribution in [-0.2, 0) is 20.7 Å². The first-order valence-corrected chi connectivity index (χ1v) is 7.86. The fourth-order valence-corrected chi connectivity index (χ4v) is 2.86. The standard InChI is InChI=1S/C17H24N2O4/c1-12(20)18-16(10-13-5-7-14(21)8-6-13)17(22)19-9-3-4-15(11-19)23-2/h5-8,15-16,21H,3-4,9-11H2,1-2H3,(H,18,20)/t15-,16+/m1/s1. The van der Waals surface area contributed by atoms with Crippen molar-refractivity contribution in [2.24, 2.45) is 0 Å². The van der Waals surface area contributed by atoms with Crippen LogP contribution in [0.2, 0.25) is 0 Å². The molecule has 6 heteroatoms. The number of hydrogen-bond donors (Lipinski definition) is 2. The average molecular weight is 320 g/mol. The fraction of sp³-hybridized carbons (Fsp3) is 0.529. The summed E-state index contributed by atoms with van der Waals surface area (Å²) < 4.78 is 5.35. The SMILES string of the molecule is CO[C@@H]1CCCN(C(=O)[C@H](Cc2ccc(O)cc2)NC(C)=O)C1. The molecule has 2 atom stereocenters. The van der Waals surface area contributed by atoms with Crippen LogP contribution in [-0.4, -0.2) is 54.2 Å². The summed E-state index contributed by atoms with van der Waals surface area (Å²) in [5, 5.41) is 12.1. The number of piperidine rings is 1. The number of phenols is 1. The molecule has 1 aromatic rings. The molecule has 0 unspecified atom stereocenters. The lowest BCUT2D eigenvalue weighted by atomic mass is 10.0. The molecule has 0 aliphatic carbocycles. The molecule has 1 aliphatic heterocycles. The van der Waals surface area contributed by atoms with Crippen LogP contribution in [0.4, 0.5) is 0 Å². The first-order chi connectivity index (χ1) is 11.0. The number of nitrogens with zero attached hydrogens (tertiary/aromatic N) is 1.